The highest BCUT2D eigenvalue weighted by molar-refractivity contribution is 5.72. The van der Waals surface area contributed by atoms with E-state index < -0.39 is 0 Å². The van der Waals surface area contributed by atoms with Crippen LogP contribution in [0.2, 0.25) is 0 Å². The van der Waals surface area contributed by atoms with Crippen LogP contribution in [0.15, 0.2) is 11.2 Å². The van der Waals surface area contributed by atoms with E-state index in [-0.39, 0.29) is 0 Å². The van der Waals surface area contributed by atoms with Gasteiger partial charge in [0.1, 0.15) is 0 Å². The van der Waals surface area contributed by atoms with Gasteiger partial charge in [0.05, 0.1) is 0 Å². The van der Waals surface area contributed by atoms with Gasteiger partial charge < -0.3 is 0 Å². The zero-order valence-electron chi connectivity index (χ0n) is 4.70. The first-order valence-corrected chi connectivity index (χ1v) is 2.71. The molecule has 3 heteroatoms. The van der Waals surface area contributed by atoms with Crippen molar-refractivity contribution >= 4 is 12.0 Å². The minimum absolute atomic E-state index is 0.769. The molecule has 0 bridgehead atoms. The van der Waals surface area contributed by atoms with Crippen LogP contribution in [-0.2, 0) is 6.42 Å². The lowest BCUT2D eigenvalue weighted by Crippen LogP contribution is -1.82. The van der Waals surface area contributed by atoms with Gasteiger partial charge in [0.15, 0.2) is 12.1 Å². The molecule has 0 aliphatic carbocycles. The predicted octanol–water partition coefficient (Wildman–Crippen LogP) is 0.535. The van der Waals surface area contributed by atoms with Crippen molar-refractivity contribution in [3.05, 3.63) is 18.1 Å². The van der Waals surface area contributed by atoms with E-state index in [1.54, 1.807) is 6.20 Å². The highest BCUT2D eigenvalue weighted by atomic mass is 15.0. The second-order valence-electron chi connectivity index (χ2n) is 1.83. The number of nitrogens with zero attached hydrogens (tertiary/aromatic N) is 3. The second-order valence-corrected chi connectivity index (χ2v) is 1.83. The zero-order chi connectivity index (χ0) is 6.10. The highest BCUT2D eigenvalue weighted by Crippen LogP contribution is 2.17. The molecule has 9 heavy (non-hydrogen) atoms. The molecular weight excluding hydrogens is 114 g/mol. The van der Waals surface area contributed by atoms with E-state index in [1.165, 1.54) is 0 Å². The Kier molecular flexibility index (Phi) is 0.828. The highest BCUT2D eigenvalue weighted by Gasteiger charge is 2.04. The lowest BCUT2D eigenvalue weighted by atomic mass is 10.3. The fraction of sp³-hybridized carbons (Fsp3) is 0.167. The summed E-state index contributed by atoms with van der Waals surface area (Å²) < 4.78 is 0. The molecule has 0 aromatic carbocycles. The number of aliphatic imine (C=N–C) groups is 1. The molecule has 3 nitrogen and oxygen atoms in total. The minimum atomic E-state index is 0.769. The van der Waals surface area contributed by atoms with Crippen molar-refractivity contribution in [2.75, 3.05) is 0 Å². The summed E-state index contributed by atoms with van der Waals surface area (Å²) in [6, 6.07) is 0. The lowest BCUT2D eigenvalue weighted by Gasteiger charge is -1.88. The van der Waals surface area contributed by atoms with Crippen molar-refractivity contribution in [3.63, 3.8) is 0 Å². The Labute approximate surface area is 52.5 Å². The van der Waals surface area contributed by atoms with Gasteiger partial charge in [-0.05, 0) is 0 Å². The summed E-state index contributed by atoms with van der Waals surface area (Å²) in [5.41, 5.74) is 1.09. The van der Waals surface area contributed by atoms with Crippen LogP contribution in [0.4, 0.5) is 5.82 Å². The molecule has 0 fully saturated rings. The van der Waals surface area contributed by atoms with Crippen LogP contribution < -0.4 is 0 Å². The Bertz CT molecular complexity index is 254. The molecule has 1 aliphatic rings. The van der Waals surface area contributed by atoms with Crippen LogP contribution in [0.25, 0.3) is 0 Å². The Morgan fingerprint density at radius 3 is 3.44 bits per heavy atom. The van der Waals surface area contributed by atoms with Crippen LogP contribution in [0.3, 0.4) is 0 Å². The normalized spacial score (nSPS) is 13.8. The van der Waals surface area contributed by atoms with Crippen LogP contribution in [0, 0.1) is 6.33 Å². The van der Waals surface area contributed by atoms with E-state index in [9.17, 15) is 0 Å². The molecule has 2 heterocycles. The van der Waals surface area contributed by atoms with Gasteiger partial charge in [-0.25, -0.2) is 15.0 Å². The third-order valence-electron chi connectivity index (χ3n) is 1.25. The molecule has 0 spiro atoms. The first kappa shape index (κ1) is 4.61. The molecule has 1 radical (unpaired) electrons. The van der Waals surface area contributed by atoms with Crippen molar-refractivity contribution < 1.29 is 0 Å². The van der Waals surface area contributed by atoms with Gasteiger partial charge in [-0.3, -0.25) is 0 Å². The zero-order valence-corrected chi connectivity index (χ0v) is 4.70. The minimum Gasteiger partial charge on any atom is -0.241 e. The van der Waals surface area contributed by atoms with E-state index in [0.29, 0.717) is 0 Å². The molecule has 1 aromatic rings. The van der Waals surface area contributed by atoms with Crippen molar-refractivity contribution in [3.8, 4) is 0 Å². The van der Waals surface area contributed by atoms with Gasteiger partial charge in [0.25, 0.3) is 0 Å². The number of rotatable bonds is 0. The average molecular weight is 118 g/mol. The molecule has 0 saturated carbocycles. The number of fused-ring (bicyclic) bond motifs is 1. The maximum absolute atomic E-state index is 3.99. The van der Waals surface area contributed by atoms with Crippen LogP contribution in [-0.4, -0.2) is 16.2 Å². The summed E-state index contributed by atoms with van der Waals surface area (Å²) in [6.45, 7) is 0. The van der Waals surface area contributed by atoms with E-state index >= 15 is 0 Å². The number of hydrogen-bond acceptors (Lipinski definition) is 3. The summed E-state index contributed by atoms with van der Waals surface area (Å²) in [4.78, 5) is 11.6. The van der Waals surface area contributed by atoms with Crippen molar-refractivity contribution in [1.82, 2.24) is 9.97 Å². The lowest BCUT2D eigenvalue weighted by molar-refractivity contribution is 1.11. The van der Waals surface area contributed by atoms with Crippen LogP contribution in [0.1, 0.15) is 5.56 Å². The topological polar surface area (TPSA) is 38.1 Å². The fourth-order valence-corrected chi connectivity index (χ4v) is 0.799. The molecule has 0 amide bonds. The Morgan fingerprint density at radius 1 is 1.56 bits per heavy atom. The van der Waals surface area contributed by atoms with Gasteiger partial charge in [0.2, 0.25) is 0 Å². The molecule has 0 unspecified atom stereocenters. The van der Waals surface area contributed by atoms with Gasteiger partial charge in [-0.15, -0.1) is 0 Å². The second kappa shape index (κ2) is 1.62. The van der Waals surface area contributed by atoms with E-state index in [2.05, 4.69) is 21.3 Å². The fourth-order valence-electron chi connectivity index (χ4n) is 0.799. The van der Waals surface area contributed by atoms with Crippen molar-refractivity contribution in [2.24, 2.45) is 4.99 Å². The van der Waals surface area contributed by atoms with E-state index in [1.807, 2.05) is 6.21 Å². The van der Waals surface area contributed by atoms with E-state index in [4.69, 9.17) is 0 Å². The molecule has 2 rings (SSSR count). The molecule has 0 N–H and O–H groups in total. The van der Waals surface area contributed by atoms with Gasteiger partial charge in [-0.2, -0.15) is 0 Å². The quantitative estimate of drug-likeness (QED) is 0.498. The monoisotopic (exact) mass is 118 g/mol. The largest absolute Gasteiger partial charge is 0.241 e. The van der Waals surface area contributed by atoms with Crippen molar-refractivity contribution in [1.29, 1.82) is 0 Å². The number of aromatic nitrogens is 2. The summed E-state index contributed by atoms with van der Waals surface area (Å²) in [6.07, 6.45) is 6.92. The summed E-state index contributed by atoms with van der Waals surface area (Å²) in [7, 11) is 0. The molecular formula is C6H4N3. The van der Waals surface area contributed by atoms with Gasteiger partial charge in [-0.1, -0.05) is 0 Å². The molecule has 0 saturated heterocycles. The predicted molar refractivity (Wildman–Crippen MR) is 32.7 cm³/mol. The van der Waals surface area contributed by atoms with Crippen molar-refractivity contribution in [2.45, 2.75) is 6.42 Å². The summed E-state index contributed by atoms with van der Waals surface area (Å²) >= 11 is 0. The Balaban J connectivity index is 2.63. The first-order chi connectivity index (χ1) is 4.47. The standard InChI is InChI=1S/C6H4N3/c1-2-8-6-5(1)3-7-4-9-6/h2-3H,1H2. The summed E-state index contributed by atoms with van der Waals surface area (Å²) in [5, 5.41) is 0. The van der Waals surface area contributed by atoms with Gasteiger partial charge >= 0.3 is 0 Å². The van der Waals surface area contributed by atoms with E-state index in [0.717, 1.165) is 17.8 Å². The van der Waals surface area contributed by atoms with Gasteiger partial charge in [0, 0.05) is 24.4 Å². The maximum atomic E-state index is 3.99. The summed E-state index contributed by atoms with van der Waals surface area (Å²) in [5.74, 6) is 0.769. The SMILES string of the molecule is [c]1ncc2c(n1)N=CC2. The number of hydrogen-bond donors (Lipinski definition) is 0. The third-order valence-corrected chi connectivity index (χ3v) is 1.25. The first-order valence-electron chi connectivity index (χ1n) is 2.71. The Hall–Kier alpha value is -1.25. The molecule has 1 aliphatic heterocycles. The molecule has 0 atom stereocenters. The molecule has 43 valence electrons. The smallest absolute Gasteiger partial charge is 0.199 e. The van der Waals surface area contributed by atoms with Crippen LogP contribution in [0.5, 0.6) is 0 Å². The van der Waals surface area contributed by atoms with Crippen LogP contribution >= 0.6 is 0 Å². The third kappa shape index (κ3) is 0.614. The average Bonchev–Trinajstić information content (AvgIpc) is 2.33. The Morgan fingerprint density at radius 2 is 2.56 bits per heavy atom. The molecule has 1 aromatic heterocycles. The maximum Gasteiger partial charge on any atom is 0.199 e.